The summed E-state index contributed by atoms with van der Waals surface area (Å²) < 4.78 is 45.5. The van der Waals surface area contributed by atoms with Gasteiger partial charge >= 0.3 is 12.3 Å². The van der Waals surface area contributed by atoms with E-state index in [9.17, 15) is 37.5 Å². The number of benzene rings is 1. The minimum Gasteiger partial charge on any atom is -0.465 e. The quantitative estimate of drug-likeness (QED) is 0.277. The van der Waals surface area contributed by atoms with Crippen molar-refractivity contribution in [3.05, 3.63) is 72.0 Å². The minimum absolute atomic E-state index is 0.0170. The third-order valence-electron chi connectivity index (χ3n) is 6.82. The van der Waals surface area contributed by atoms with Gasteiger partial charge < -0.3 is 24.6 Å². The van der Waals surface area contributed by atoms with Crippen LogP contribution in [0.5, 0.6) is 0 Å². The molecule has 17 heteroatoms. The highest BCUT2D eigenvalue weighted by Gasteiger charge is 2.35. The van der Waals surface area contributed by atoms with Gasteiger partial charge in [0.2, 0.25) is 5.89 Å². The van der Waals surface area contributed by atoms with Gasteiger partial charge in [0, 0.05) is 43.5 Å². The number of halogens is 3. The first-order valence-corrected chi connectivity index (χ1v) is 13.4. The molecule has 0 unspecified atom stereocenters. The zero-order chi connectivity index (χ0) is 32.3. The summed E-state index contributed by atoms with van der Waals surface area (Å²) in [5.74, 6) is -1.91. The minimum atomic E-state index is -4.82. The number of carbonyl (C=O) groups excluding carboxylic acids is 3. The molecule has 0 bridgehead atoms. The molecule has 4 heterocycles. The zero-order valence-corrected chi connectivity index (χ0v) is 23.6. The summed E-state index contributed by atoms with van der Waals surface area (Å²) in [6, 6.07) is 8.74. The van der Waals surface area contributed by atoms with E-state index in [1.54, 1.807) is 29.2 Å². The molecule has 0 atom stereocenters. The number of aromatic nitrogens is 4. The highest BCUT2D eigenvalue weighted by Crippen LogP contribution is 2.27. The Bertz CT molecular complexity index is 1730. The largest absolute Gasteiger partial charge is 0.465 e. The summed E-state index contributed by atoms with van der Waals surface area (Å²) >= 11 is 0. The fourth-order valence-electron chi connectivity index (χ4n) is 4.44. The Balaban J connectivity index is 1.41. The van der Waals surface area contributed by atoms with Gasteiger partial charge in [0.1, 0.15) is 24.9 Å². The summed E-state index contributed by atoms with van der Waals surface area (Å²) in [5, 5.41) is 16.3. The van der Waals surface area contributed by atoms with Crippen LogP contribution in [0.25, 0.3) is 17.1 Å². The Kier molecular flexibility index (Phi) is 8.62. The van der Waals surface area contributed by atoms with E-state index in [2.05, 4.69) is 25.3 Å². The van der Waals surface area contributed by atoms with Crippen molar-refractivity contribution in [2.24, 2.45) is 0 Å². The van der Waals surface area contributed by atoms with E-state index in [1.807, 2.05) is 7.05 Å². The molecule has 1 aliphatic heterocycles. The number of likely N-dealkylation sites (N-methyl/N-ethyl adjacent to an activating group) is 1. The van der Waals surface area contributed by atoms with Gasteiger partial charge in [0.25, 0.3) is 11.8 Å². The van der Waals surface area contributed by atoms with Gasteiger partial charge in [-0.3, -0.25) is 19.3 Å². The SMILES string of the molecule is CN1CCN(C(=O)c2nn(-c3ccc(C=O)cc3)cc2NC(=O)c2coc(-c3ccnc(N(CC(F)(F)F)C(=O)O)c3)n2)CC1. The van der Waals surface area contributed by atoms with Gasteiger partial charge in [-0.05, 0) is 43.4 Å². The van der Waals surface area contributed by atoms with Crippen molar-refractivity contribution in [1.29, 1.82) is 0 Å². The molecule has 0 radical (unpaired) electrons. The van der Waals surface area contributed by atoms with Crippen LogP contribution in [0.4, 0.5) is 29.5 Å². The number of hydrogen-bond acceptors (Lipinski definition) is 9. The molecule has 1 aromatic carbocycles. The van der Waals surface area contributed by atoms with Crippen LogP contribution in [-0.2, 0) is 0 Å². The van der Waals surface area contributed by atoms with E-state index in [-0.39, 0.29) is 33.4 Å². The second-order valence-corrected chi connectivity index (χ2v) is 10.0. The van der Waals surface area contributed by atoms with Crippen molar-refractivity contribution >= 4 is 35.7 Å². The number of amides is 3. The van der Waals surface area contributed by atoms with Crippen LogP contribution < -0.4 is 10.2 Å². The number of nitrogens with zero attached hydrogens (tertiary/aromatic N) is 7. The van der Waals surface area contributed by atoms with Crippen LogP contribution in [0.3, 0.4) is 0 Å². The first-order chi connectivity index (χ1) is 21.4. The fourth-order valence-corrected chi connectivity index (χ4v) is 4.44. The van der Waals surface area contributed by atoms with Gasteiger partial charge in [-0.1, -0.05) is 0 Å². The number of carboxylic acid groups (broad SMARTS) is 1. The molecule has 14 nitrogen and oxygen atoms in total. The summed E-state index contributed by atoms with van der Waals surface area (Å²) in [5.41, 5.74) is 0.815. The van der Waals surface area contributed by atoms with Crippen molar-refractivity contribution in [1.82, 2.24) is 29.5 Å². The highest BCUT2D eigenvalue weighted by atomic mass is 19.4. The predicted molar refractivity (Wildman–Crippen MR) is 151 cm³/mol. The Hall–Kier alpha value is -5.58. The monoisotopic (exact) mass is 626 g/mol. The number of hydrogen-bond donors (Lipinski definition) is 2. The third kappa shape index (κ3) is 7.15. The molecule has 4 aromatic rings. The van der Waals surface area contributed by atoms with Crippen LogP contribution in [0.1, 0.15) is 31.3 Å². The van der Waals surface area contributed by atoms with E-state index in [4.69, 9.17) is 4.42 Å². The number of anilines is 2. The molecule has 3 amide bonds. The van der Waals surface area contributed by atoms with Crippen LogP contribution in [0.2, 0.25) is 0 Å². The molecule has 2 N–H and O–H groups in total. The van der Waals surface area contributed by atoms with Gasteiger partial charge in [0.05, 0.1) is 17.6 Å². The lowest BCUT2D eigenvalue weighted by atomic mass is 10.2. The van der Waals surface area contributed by atoms with E-state index in [0.717, 1.165) is 18.5 Å². The topological polar surface area (TPSA) is 167 Å². The number of carbonyl (C=O) groups is 4. The molecule has 1 fully saturated rings. The maximum absolute atomic E-state index is 13.5. The Labute approximate surface area is 252 Å². The highest BCUT2D eigenvalue weighted by molar-refractivity contribution is 6.07. The van der Waals surface area contributed by atoms with Crippen molar-refractivity contribution in [3.63, 3.8) is 0 Å². The summed E-state index contributed by atoms with van der Waals surface area (Å²) in [6.07, 6.45) is -2.49. The summed E-state index contributed by atoms with van der Waals surface area (Å²) in [6.45, 7) is 0.418. The molecule has 5 rings (SSSR count). The summed E-state index contributed by atoms with van der Waals surface area (Å²) in [7, 11) is 1.94. The van der Waals surface area contributed by atoms with Crippen LogP contribution in [0, 0.1) is 0 Å². The van der Waals surface area contributed by atoms with Crippen LogP contribution in [0.15, 0.2) is 59.5 Å². The molecule has 234 valence electrons. The standard InChI is InChI=1S/C28H25F3N8O6/c1-36-8-10-37(11-9-36)26(42)23-20(13-39(35-23)19-4-2-17(14-40)3-5-19)33-24(41)21-15-45-25(34-21)18-6-7-32-22(12-18)38(27(43)44)16-28(29,30)31/h2-7,12-15H,8-11,16H2,1H3,(H,33,41)(H,43,44). The first kappa shape index (κ1) is 30.9. The third-order valence-corrected chi connectivity index (χ3v) is 6.82. The van der Waals surface area contributed by atoms with E-state index < -0.39 is 36.4 Å². The van der Waals surface area contributed by atoms with E-state index in [0.29, 0.717) is 43.7 Å². The zero-order valence-electron chi connectivity index (χ0n) is 23.6. The van der Waals surface area contributed by atoms with Gasteiger partial charge in [-0.25, -0.2) is 19.4 Å². The molecule has 0 aliphatic carbocycles. The number of alkyl halides is 3. The number of rotatable bonds is 8. The van der Waals surface area contributed by atoms with Gasteiger partial charge in [-0.2, -0.15) is 18.3 Å². The molecular formula is C28H25F3N8O6. The van der Waals surface area contributed by atoms with Gasteiger partial charge in [0.15, 0.2) is 11.4 Å². The molecule has 45 heavy (non-hydrogen) atoms. The average molecular weight is 627 g/mol. The fraction of sp³-hybridized carbons (Fsp3) is 0.250. The second kappa shape index (κ2) is 12.6. The van der Waals surface area contributed by atoms with Crippen LogP contribution >= 0.6 is 0 Å². The maximum atomic E-state index is 13.5. The van der Waals surface area contributed by atoms with Crippen molar-refractivity contribution < 1.29 is 41.9 Å². The predicted octanol–water partition coefficient (Wildman–Crippen LogP) is 3.42. The summed E-state index contributed by atoms with van der Waals surface area (Å²) in [4.78, 5) is 60.7. The molecule has 1 aliphatic rings. The Morgan fingerprint density at radius 2 is 1.82 bits per heavy atom. The lowest BCUT2D eigenvalue weighted by Crippen LogP contribution is -2.47. The maximum Gasteiger partial charge on any atom is 0.413 e. The van der Waals surface area contributed by atoms with Crippen molar-refractivity contribution in [2.75, 3.05) is 50.0 Å². The van der Waals surface area contributed by atoms with Gasteiger partial charge in [-0.15, -0.1) is 0 Å². The number of aldehydes is 1. The van der Waals surface area contributed by atoms with Crippen molar-refractivity contribution in [3.8, 4) is 17.1 Å². The second-order valence-electron chi connectivity index (χ2n) is 10.0. The molecule has 0 saturated carbocycles. The Morgan fingerprint density at radius 3 is 2.47 bits per heavy atom. The average Bonchev–Trinajstić information content (AvgIpc) is 3.68. The lowest BCUT2D eigenvalue weighted by Gasteiger charge is -2.32. The first-order valence-electron chi connectivity index (χ1n) is 13.4. The van der Waals surface area contributed by atoms with E-state index in [1.165, 1.54) is 16.9 Å². The van der Waals surface area contributed by atoms with Crippen LogP contribution in [-0.4, -0.2) is 105 Å². The molecule has 1 saturated heterocycles. The number of oxazole rings is 1. The normalized spacial score (nSPS) is 13.8. The lowest BCUT2D eigenvalue weighted by molar-refractivity contribution is -0.119. The number of pyridine rings is 1. The van der Waals surface area contributed by atoms with Crippen molar-refractivity contribution in [2.45, 2.75) is 6.18 Å². The van der Waals surface area contributed by atoms with E-state index >= 15 is 0 Å². The number of nitrogens with one attached hydrogen (secondary N) is 1. The molecule has 0 spiro atoms. The molecule has 3 aromatic heterocycles. The smallest absolute Gasteiger partial charge is 0.413 e. The Morgan fingerprint density at radius 1 is 1.11 bits per heavy atom. The number of piperazine rings is 1. The molecular weight excluding hydrogens is 601 g/mol.